The molecule has 0 aromatic heterocycles. The molecule has 0 aliphatic carbocycles. The number of carbonyl (C=O) groups excluding carboxylic acids is 1. The summed E-state index contributed by atoms with van der Waals surface area (Å²) in [5.74, 6) is 1.34. The SMILES string of the molecule is COc1ccc(CNC(=O)Nc2ccc(OC)c(Cl)c2)cc1. The van der Waals surface area contributed by atoms with E-state index in [1.54, 1.807) is 25.3 Å². The van der Waals surface area contributed by atoms with Crippen molar-refractivity contribution in [1.29, 1.82) is 0 Å². The summed E-state index contributed by atoms with van der Waals surface area (Å²) in [7, 11) is 3.15. The maximum Gasteiger partial charge on any atom is 0.319 e. The molecule has 0 fully saturated rings. The molecule has 2 rings (SSSR count). The fraction of sp³-hybridized carbons (Fsp3) is 0.188. The van der Waals surface area contributed by atoms with Crippen LogP contribution in [0, 0.1) is 0 Å². The summed E-state index contributed by atoms with van der Waals surface area (Å²) in [6.45, 7) is 0.416. The first-order valence-electron chi connectivity index (χ1n) is 6.63. The lowest BCUT2D eigenvalue weighted by Gasteiger charge is -2.10. The molecule has 0 aliphatic rings. The van der Waals surface area contributed by atoms with Crippen molar-refractivity contribution in [3.63, 3.8) is 0 Å². The van der Waals surface area contributed by atoms with Gasteiger partial charge in [-0.1, -0.05) is 23.7 Å². The monoisotopic (exact) mass is 320 g/mol. The molecule has 2 aromatic rings. The number of benzene rings is 2. The fourth-order valence-electron chi connectivity index (χ4n) is 1.85. The van der Waals surface area contributed by atoms with Crippen molar-refractivity contribution in [2.75, 3.05) is 19.5 Å². The zero-order valence-corrected chi connectivity index (χ0v) is 13.1. The van der Waals surface area contributed by atoms with E-state index in [4.69, 9.17) is 21.1 Å². The molecule has 0 aliphatic heterocycles. The molecule has 2 amide bonds. The summed E-state index contributed by atoms with van der Waals surface area (Å²) in [6.07, 6.45) is 0. The van der Waals surface area contributed by atoms with Crippen molar-refractivity contribution >= 4 is 23.3 Å². The van der Waals surface area contributed by atoms with E-state index in [1.807, 2.05) is 24.3 Å². The summed E-state index contributed by atoms with van der Waals surface area (Å²) >= 11 is 6.01. The molecule has 6 heteroatoms. The molecule has 0 spiro atoms. The number of hydrogen-bond donors (Lipinski definition) is 2. The second-order valence-corrected chi connectivity index (χ2v) is 4.91. The van der Waals surface area contributed by atoms with E-state index in [0.29, 0.717) is 23.0 Å². The minimum atomic E-state index is -0.308. The molecule has 0 radical (unpaired) electrons. The van der Waals surface area contributed by atoms with E-state index < -0.39 is 0 Å². The number of halogens is 1. The van der Waals surface area contributed by atoms with Gasteiger partial charge in [-0.3, -0.25) is 0 Å². The Bertz CT molecular complexity index is 644. The second-order valence-electron chi connectivity index (χ2n) is 4.51. The molecule has 116 valence electrons. The number of rotatable bonds is 5. The zero-order chi connectivity index (χ0) is 15.9. The Labute approximate surface area is 134 Å². The zero-order valence-electron chi connectivity index (χ0n) is 12.4. The predicted octanol–water partition coefficient (Wildman–Crippen LogP) is 3.68. The fourth-order valence-corrected chi connectivity index (χ4v) is 2.10. The summed E-state index contributed by atoms with van der Waals surface area (Å²) in [5, 5.41) is 5.92. The first-order valence-corrected chi connectivity index (χ1v) is 7.01. The van der Waals surface area contributed by atoms with Gasteiger partial charge in [-0.15, -0.1) is 0 Å². The summed E-state index contributed by atoms with van der Waals surface area (Å²) in [5.41, 5.74) is 1.57. The van der Waals surface area contributed by atoms with Gasteiger partial charge in [0.1, 0.15) is 11.5 Å². The maximum atomic E-state index is 11.9. The lowest BCUT2D eigenvalue weighted by Crippen LogP contribution is -2.28. The third-order valence-corrected chi connectivity index (χ3v) is 3.32. The molecule has 0 saturated heterocycles. The van der Waals surface area contributed by atoms with Crippen LogP contribution >= 0.6 is 11.6 Å². The molecule has 0 bridgehead atoms. The average molecular weight is 321 g/mol. The Kier molecular flexibility index (Phi) is 5.49. The highest BCUT2D eigenvalue weighted by Crippen LogP contribution is 2.27. The number of anilines is 1. The highest BCUT2D eigenvalue weighted by Gasteiger charge is 2.05. The average Bonchev–Trinajstić information content (AvgIpc) is 2.53. The van der Waals surface area contributed by atoms with E-state index in [2.05, 4.69) is 10.6 Å². The number of ether oxygens (including phenoxy) is 2. The normalized spacial score (nSPS) is 9.95. The summed E-state index contributed by atoms with van der Waals surface area (Å²) in [4.78, 5) is 11.9. The summed E-state index contributed by atoms with van der Waals surface area (Å²) in [6, 6.07) is 12.2. The first kappa shape index (κ1) is 16.0. The largest absolute Gasteiger partial charge is 0.497 e. The van der Waals surface area contributed by atoms with Gasteiger partial charge >= 0.3 is 6.03 Å². The Morgan fingerprint density at radius 3 is 2.41 bits per heavy atom. The van der Waals surface area contributed by atoms with Crippen molar-refractivity contribution in [2.24, 2.45) is 0 Å². The van der Waals surface area contributed by atoms with Gasteiger partial charge in [0.2, 0.25) is 0 Å². The van der Waals surface area contributed by atoms with Crippen LogP contribution in [0.4, 0.5) is 10.5 Å². The summed E-state index contributed by atoms with van der Waals surface area (Å²) < 4.78 is 10.1. The molecule has 0 saturated carbocycles. The Balaban J connectivity index is 1.88. The van der Waals surface area contributed by atoms with Gasteiger partial charge in [0.05, 0.1) is 19.2 Å². The number of carbonyl (C=O) groups is 1. The van der Waals surface area contributed by atoms with Crippen molar-refractivity contribution in [3.05, 3.63) is 53.1 Å². The molecule has 2 aromatic carbocycles. The molecule has 0 unspecified atom stereocenters. The van der Waals surface area contributed by atoms with Crippen LogP contribution in [0.3, 0.4) is 0 Å². The lowest BCUT2D eigenvalue weighted by atomic mass is 10.2. The van der Waals surface area contributed by atoms with Crippen molar-refractivity contribution < 1.29 is 14.3 Å². The van der Waals surface area contributed by atoms with Crippen LogP contribution in [0.1, 0.15) is 5.56 Å². The van der Waals surface area contributed by atoms with Gasteiger partial charge < -0.3 is 20.1 Å². The Morgan fingerprint density at radius 1 is 1.09 bits per heavy atom. The van der Waals surface area contributed by atoms with Crippen molar-refractivity contribution in [1.82, 2.24) is 5.32 Å². The van der Waals surface area contributed by atoms with E-state index >= 15 is 0 Å². The van der Waals surface area contributed by atoms with Gasteiger partial charge in [0.25, 0.3) is 0 Å². The van der Waals surface area contributed by atoms with Crippen LogP contribution < -0.4 is 20.1 Å². The Morgan fingerprint density at radius 2 is 1.82 bits per heavy atom. The molecule has 0 heterocycles. The van der Waals surface area contributed by atoms with E-state index in [1.165, 1.54) is 7.11 Å². The van der Waals surface area contributed by atoms with E-state index in [0.717, 1.165) is 11.3 Å². The quantitative estimate of drug-likeness (QED) is 0.883. The molecule has 5 nitrogen and oxygen atoms in total. The van der Waals surface area contributed by atoms with Crippen LogP contribution in [0.2, 0.25) is 5.02 Å². The van der Waals surface area contributed by atoms with Gasteiger partial charge in [-0.25, -0.2) is 4.79 Å². The third-order valence-electron chi connectivity index (χ3n) is 3.02. The van der Waals surface area contributed by atoms with Crippen molar-refractivity contribution in [2.45, 2.75) is 6.54 Å². The second kappa shape index (κ2) is 7.56. The molecule has 0 atom stereocenters. The van der Waals surface area contributed by atoms with Gasteiger partial charge in [0, 0.05) is 12.2 Å². The predicted molar refractivity (Wildman–Crippen MR) is 86.9 cm³/mol. The van der Waals surface area contributed by atoms with Crippen molar-refractivity contribution in [3.8, 4) is 11.5 Å². The van der Waals surface area contributed by atoms with Crippen LogP contribution in [0.25, 0.3) is 0 Å². The Hall–Kier alpha value is -2.40. The van der Waals surface area contributed by atoms with Crippen LogP contribution in [-0.4, -0.2) is 20.3 Å². The maximum absolute atomic E-state index is 11.9. The first-order chi connectivity index (χ1) is 10.6. The van der Waals surface area contributed by atoms with Gasteiger partial charge in [0.15, 0.2) is 0 Å². The number of hydrogen-bond acceptors (Lipinski definition) is 3. The van der Waals surface area contributed by atoms with Gasteiger partial charge in [-0.2, -0.15) is 0 Å². The highest BCUT2D eigenvalue weighted by atomic mass is 35.5. The number of nitrogens with one attached hydrogen (secondary N) is 2. The topological polar surface area (TPSA) is 59.6 Å². The van der Waals surface area contributed by atoms with Crippen LogP contribution in [-0.2, 0) is 6.54 Å². The third kappa shape index (κ3) is 4.30. The van der Waals surface area contributed by atoms with Crippen LogP contribution in [0.15, 0.2) is 42.5 Å². The number of urea groups is 1. The lowest BCUT2D eigenvalue weighted by molar-refractivity contribution is 0.251. The standard InChI is InChI=1S/C16H17ClN2O3/c1-21-13-6-3-11(4-7-13)10-18-16(20)19-12-5-8-15(22-2)14(17)9-12/h3-9H,10H2,1-2H3,(H2,18,19,20). The minimum Gasteiger partial charge on any atom is -0.497 e. The van der Waals surface area contributed by atoms with Crippen LogP contribution in [0.5, 0.6) is 11.5 Å². The van der Waals surface area contributed by atoms with E-state index in [9.17, 15) is 4.79 Å². The van der Waals surface area contributed by atoms with Gasteiger partial charge in [-0.05, 0) is 35.9 Å². The smallest absolute Gasteiger partial charge is 0.319 e. The highest BCUT2D eigenvalue weighted by molar-refractivity contribution is 6.32. The molecule has 22 heavy (non-hydrogen) atoms. The molecule has 2 N–H and O–H groups in total. The molecular weight excluding hydrogens is 304 g/mol. The number of methoxy groups -OCH3 is 2. The number of amides is 2. The molecular formula is C16H17ClN2O3. The minimum absolute atomic E-state index is 0.308. The van der Waals surface area contributed by atoms with E-state index in [-0.39, 0.29) is 6.03 Å².